The second-order valence-electron chi connectivity index (χ2n) is 6.90. The van der Waals surface area contributed by atoms with Gasteiger partial charge in [-0.1, -0.05) is 38.1 Å². The molecule has 0 fully saturated rings. The number of phenols is 2. The van der Waals surface area contributed by atoms with Crippen molar-refractivity contribution in [3.63, 3.8) is 0 Å². The number of amides is 2. The molecule has 1 heterocycles. The van der Waals surface area contributed by atoms with Gasteiger partial charge in [0.25, 0.3) is 0 Å². The van der Waals surface area contributed by atoms with Crippen molar-refractivity contribution >= 4 is 23.2 Å². The van der Waals surface area contributed by atoms with E-state index < -0.39 is 11.8 Å². The maximum absolute atomic E-state index is 12.4. The summed E-state index contributed by atoms with van der Waals surface area (Å²) in [6.45, 7) is 3.68. The van der Waals surface area contributed by atoms with Gasteiger partial charge in [0, 0.05) is 11.1 Å². The number of rotatable bonds is 8. The molecule has 4 N–H and O–H groups in total. The molecule has 0 aliphatic carbocycles. The van der Waals surface area contributed by atoms with E-state index in [0.717, 1.165) is 0 Å². The summed E-state index contributed by atoms with van der Waals surface area (Å²) < 4.78 is 5.34. The van der Waals surface area contributed by atoms with Crippen LogP contribution in [0, 0.1) is 0 Å². The van der Waals surface area contributed by atoms with Crippen molar-refractivity contribution in [3.05, 3.63) is 83.3 Å². The number of hydrogen-bond donors (Lipinski definition) is 4. The van der Waals surface area contributed by atoms with Gasteiger partial charge in [-0.3, -0.25) is 9.59 Å². The van der Waals surface area contributed by atoms with Crippen LogP contribution in [0.5, 0.6) is 11.5 Å². The number of para-hydroxylation sites is 2. The van der Waals surface area contributed by atoms with Gasteiger partial charge in [0.05, 0.1) is 11.4 Å². The van der Waals surface area contributed by atoms with Crippen LogP contribution in [0.3, 0.4) is 0 Å². The lowest BCUT2D eigenvalue weighted by Crippen LogP contribution is -2.21. The summed E-state index contributed by atoms with van der Waals surface area (Å²) in [5.74, 6) is -1.42. The topological polar surface area (TPSA) is 137 Å². The molecule has 0 saturated heterocycles. The first-order valence-electron chi connectivity index (χ1n) is 10.3. The molecule has 170 valence electrons. The second-order valence-corrected chi connectivity index (χ2v) is 6.90. The Morgan fingerprint density at radius 3 is 1.48 bits per heavy atom. The number of furan rings is 1. The molecule has 33 heavy (non-hydrogen) atoms. The van der Waals surface area contributed by atoms with Crippen molar-refractivity contribution in [2.24, 2.45) is 10.2 Å². The lowest BCUT2D eigenvalue weighted by Gasteiger charge is -2.07. The molecule has 0 spiro atoms. The Bertz CT molecular complexity index is 1120. The third kappa shape index (κ3) is 5.65. The van der Waals surface area contributed by atoms with Gasteiger partial charge in [-0.15, -0.1) is 0 Å². The van der Waals surface area contributed by atoms with Crippen LogP contribution >= 0.6 is 0 Å². The SMILES string of the molecule is CCC(=NNC(=O)c1ccc(C(=O)NN=C(CC)c2ccccc2O)o1)c1ccccc1O. The highest BCUT2D eigenvalue weighted by Crippen LogP contribution is 2.19. The zero-order chi connectivity index (χ0) is 23.8. The van der Waals surface area contributed by atoms with E-state index in [-0.39, 0.29) is 23.0 Å². The number of aromatic hydroxyl groups is 2. The van der Waals surface area contributed by atoms with E-state index in [1.54, 1.807) is 36.4 Å². The minimum absolute atomic E-state index is 0.0557. The highest BCUT2D eigenvalue weighted by Gasteiger charge is 2.17. The predicted molar refractivity (Wildman–Crippen MR) is 124 cm³/mol. The number of benzene rings is 2. The summed E-state index contributed by atoms with van der Waals surface area (Å²) in [7, 11) is 0. The van der Waals surface area contributed by atoms with Crippen LogP contribution in [0.15, 0.2) is 75.3 Å². The van der Waals surface area contributed by atoms with Crippen molar-refractivity contribution < 1.29 is 24.2 Å². The van der Waals surface area contributed by atoms with Crippen LogP contribution in [0.25, 0.3) is 0 Å². The Morgan fingerprint density at radius 1 is 0.727 bits per heavy atom. The number of nitrogens with zero attached hydrogens (tertiary/aromatic N) is 2. The number of carbonyl (C=O) groups excluding carboxylic acids is 2. The first kappa shape index (κ1) is 23.3. The molecule has 0 radical (unpaired) electrons. The second kappa shape index (κ2) is 10.8. The van der Waals surface area contributed by atoms with Crippen molar-refractivity contribution in [1.29, 1.82) is 0 Å². The number of hydrazone groups is 2. The minimum Gasteiger partial charge on any atom is -0.507 e. The van der Waals surface area contributed by atoms with Crippen molar-refractivity contribution in [1.82, 2.24) is 10.9 Å². The molecule has 1 aromatic heterocycles. The monoisotopic (exact) mass is 448 g/mol. The fraction of sp³-hybridized carbons (Fsp3) is 0.167. The average molecular weight is 448 g/mol. The van der Waals surface area contributed by atoms with Gasteiger partial charge < -0.3 is 14.6 Å². The van der Waals surface area contributed by atoms with E-state index in [1.807, 2.05) is 13.8 Å². The van der Waals surface area contributed by atoms with Crippen LogP contribution in [0.4, 0.5) is 0 Å². The summed E-state index contributed by atoms with van der Waals surface area (Å²) in [4.78, 5) is 24.8. The Balaban J connectivity index is 1.68. The zero-order valence-electron chi connectivity index (χ0n) is 18.2. The maximum Gasteiger partial charge on any atom is 0.307 e. The van der Waals surface area contributed by atoms with Gasteiger partial charge in [0.2, 0.25) is 0 Å². The van der Waals surface area contributed by atoms with E-state index in [1.165, 1.54) is 24.3 Å². The van der Waals surface area contributed by atoms with Crippen LogP contribution in [0.2, 0.25) is 0 Å². The molecule has 0 bridgehead atoms. The molecule has 0 aliphatic rings. The summed E-state index contributed by atoms with van der Waals surface area (Å²) in [6.07, 6.45) is 0.941. The molecule has 3 rings (SSSR count). The summed E-state index contributed by atoms with van der Waals surface area (Å²) in [5, 5.41) is 28.1. The van der Waals surface area contributed by atoms with Gasteiger partial charge in [-0.05, 0) is 49.2 Å². The molecule has 3 aromatic rings. The molecule has 0 unspecified atom stereocenters. The fourth-order valence-electron chi connectivity index (χ4n) is 3.02. The Morgan fingerprint density at radius 2 is 1.12 bits per heavy atom. The molecule has 0 saturated carbocycles. The van der Waals surface area contributed by atoms with Crippen LogP contribution in [-0.4, -0.2) is 33.5 Å². The third-order valence-corrected chi connectivity index (χ3v) is 4.74. The molecule has 0 aliphatic heterocycles. The van der Waals surface area contributed by atoms with Gasteiger partial charge in [-0.2, -0.15) is 10.2 Å². The van der Waals surface area contributed by atoms with Gasteiger partial charge >= 0.3 is 11.8 Å². The maximum atomic E-state index is 12.4. The van der Waals surface area contributed by atoms with E-state index in [0.29, 0.717) is 35.4 Å². The summed E-state index contributed by atoms with van der Waals surface area (Å²) in [6, 6.07) is 16.0. The van der Waals surface area contributed by atoms with E-state index in [2.05, 4.69) is 21.1 Å². The number of nitrogens with one attached hydrogen (secondary N) is 2. The Kier molecular flexibility index (Phi) is 7.59. The lowest BCUT2D eigenvalue weighted by atomic mass is 10.1. The minimum atomic E-state index is -0.651. The number of carbonyl (C=O) groups is 2. The summed E-state index contributed by atoms with van der Waals surface area (Å²) in [5.41, 5.74) is 6.73. The van der Waals surface area contributed by atoms with E-state index in [9.17, 15) is 19.8 Å². The van der Waals surface area contributed by atoms with Crippen LogP contribution in [-0.2, 0) is 0 Å². The standard InChI is InChI=1S/C24H24N4O5/c1-3-17(15-9-5-7-11-19(15)29)25-27-23(31)21-13-14-22(33-21)24(32)28-26-18(4-2)16-10-6-8-12-20(16)30/h5-14,29-30H,3-4H2,1-2H3,(H,27,31)(H,28,32). The van der Waals surface area contributed by atoms with Gasteiger partial charge in [-0.25, -0.2) is 10.9 Å². The van der Waals surface area contributed by atoms with Gasteiger partial charge in [0.1, 0.15) is 11.5 Å². The Labute approximate surface area is 190 Å². The predicted octanol–water partition coefficient (Wildman–Crippen LogP) is 3.78. The summed E-state index contributed by atoms with van der Waals surface area (Å²) >= 11 is 0. The lowest BCUT2D eigenvalue weighted by molar-refractivity contribution is 0.0902. The quantitative estimate of drug-likeness (QED) is 0.307. The smallest absolute Gasteiger partial charge is 0.307 e. The molecule has 9 nitrogen and oxygen atoms in total. The molecular weight excluding hydrogens is 424 g/mol. The number of phenolic OH excluding ortho intramolecular Hbond substituents is 2. The molecule has 2 aromatic carbocycles. The van der Waals surface area contributed by atoms with Crippen molar-refractivity contribution in [3.8, 4) is 11.5 Å². The normalized spacial score (nSPS) is 11.8. The molecular formula is C24H24N4O5. The van der Waals surface area contributed by atoms with E-state index in [4.69, 9.17) is 4.42 Å². The van der Waals surface area contributed by atoms with Crippen molar-refractivity contribution in [2.75, 3.05) is 0 Å². The van der Waals surface area contributed by atoms with Crippen molar-refractivity contribution in [2.45, 2.75) is 26.7 Å². The average Bonchev–Trinajstić information content (AvgIpc) is 3.32. The first-order chi connectivity index (χ1) is 15.9. The van der Waals surface area contributed by atoms with Gasteiger partial charge in [0.15, 0.2) is 11.5 Å². The first-order valence-corrected chi connectivity index (χ1v) is 10.3. The molecule has 0 atom stereocenters. The fourth-order valence-corrected chi connectivity index (χ4v) is 3.02. The zero-order valence-corrected chi connectivity index (χ0v) is 18.2. The largest absolute Gasteiger partial charge is 0.507 e. The highest BCUT2D eigenvalue weighted by molar-refractivity contribution is 6.04. The van der Waals surface area contributed by atoms with Crippen LogP contribution in [0.1, 0.15) is 58.9 Å². The van der Waals surface area contributed by atoms with Crippen LogP contribution < -0.4 is 10.9 Å². The Hall–Kier alpha value is -4.40. The number of hydrogen-bond acceptors (Lipinski definition) is 7. The highest BCUT2D eigenvalue weighted by atomic mass is 16.4. The third-order valence-electron chi connectivity index (χ3n) is 4.74. The molecule has 2 amide bonds. The van der Waals surface area contributed by atoms with E-state index >= 15 is 0 Å². The molecule has 9 heteroatoms.